The molecule has 0 radical (unpaired) electrons. The summed E-state index contributed by atoms with van der Waals surface area (Å²) < 4.78 is 5.50. The maximum absolute atomic E-state index is 12.2. The largest absolute Gasteiger partial charge is 0.481 e. The number of ether oxygens (including phenoxy) is 1. The summed E-state index contributed by atoms with van der Waals surface area (Å²) in [5.74, 6) is -0.454. The minimum atomic E-state index is -0.761. The summed E-state index contributed by atoms with van der Waals surface area (Å²) in [5, 5.41) is 11.7. The minimum Gasteiger partial charge on any atom is -0.481 e. The molecule has 2 N–H and O–H groups in total. The van der Waals surface area contributed by atoms with Crippen LogP contribution in [0.4, 0.5) is 4.79 Å². The normalized spacial score (nSPS) is 24.2. The number of amides is 2. The molecule has 0 spiro atoms. The van der Waals surface area contributed by atoms with Crippen LogP contribution in [0.5, 0.6) is 0 Å². The number of aliphatic carboxylic acids is 1. The highest BCUT2D eigenvalue weighted by Crippen LogP contribution is 2.34. The van der Waals surface area contributed by atoms with Crippen LogP contribution in [0.15, 0.2) is 0 Å². The van der Waals surface area contributed by atoms with E-state index >= 15 is 0 Å². The van der Waals surface area contributed by atoms with Crippen molar-refractivity contribution in [1.82, 2.24) is 10.2 Å². The van der Waals surface area contributed by atoms with E-state index in [1.54, 1.807) is 7.11 Å². The Kier molecular flexibility index (Phi) is 5.45. The van der Waals surface area contributed by atoms with Crippen molar-refractivity contribution in [2.75, 3.05) is 26.7 Å². The smallest absolute Gasteiger partial charge is 0.317 e. The number of carboxylic acids is 1. The Labute approximate surface area is 125 Å². The quantitative estimate of drug-likeness (QED) is 0.784. The molecular formula is C15H26N2O4. The highest BCUT2D eigenvalue weighted by molar-refractivity contribution is 5.74. The summed E-state index contributed by atoms with van der Waals surface area (Å²) in [5.41, 5.74) is -0.159. The first-order chi connectivity index (χ1) is 10.0. The molecule has 1 unspecified atom stereocenters. The van der Waals surface area contributed by atoms with E-state index in [9.17, 15) is 9.59 Å². The van der Waals surface area contributed by atoms with Gasteiger partial charge in [0.25, 0.3) is 0 Å². The summed E-state index contributed by atoms with van der Waals surface area (Å²) in [4.78, 5) is 24.7. The van der Waals surface area contributed by atoms with Gasteiger partial charge >= 0.3 is 12.0 Å². The lowest BCUT2D eigenvalue weighted by atomic mass is 9.80. The number of likely N-dealkylation sites (tertiary alicyclic amines) is 1. The van der Waals surface area contributed by atoms with E-state index in [4.69, 9.17) is 9.84 Å². The van der Waals surface area contributed by atoms with Crippen molar-refractivity contribution in [3.63, 3.8) is 0 Å². The average molecular weight is 298 g/mol. The SMILES string of the molecule is COC1(CNC(=O)N2CCCC(CCC(=O)O)C2)CCC1. The minimum absolute atomic E-state index is 0.0432. The summed E-state index contributed by atoms with van der Waals surface area (Å²) >= 11 is 0. The van der Waals surface area contributed by atoms with Crippen molar-refractivity contribution in [3.8, 4) is 0 Å². The lowest BCUT2D eigenvalue weighted by Crippen LogP contribution is -2.53. The van der Waals surface area contributed by atoms with Crippen LogP contribution in [0.1, 0.15) is 44.9 Å². The molecule has 1 atom stereocenters. The van der Waals surface area contributed by atoms with Gasteiger partial charge in [0.2, 0.25) is 0 Å². The number of carbonyl (C=O) groups excluding carboxylic acids is 1. The molecule has 0 aromatic rings. The fraction of sp³-hybridized carbons (Fsp3) is 0.867. The monoisotopic (exact) mass is 298 g/mol. The van der Waals surface area contributed by atoms with Crippen molar-refractivity contribution in [2.24, 2.45) is 5.92 Å². The topological polar surface area (TPSA) is 78.9 Å². The van der Waals surface area contributed by atoms with Crippen LogP contribution in [0, 0.1) is 5.92 Å². The molecule has 1 saturated carbocycles. The summed E-state index contributed by atoms with van der Waals surface area (Å²) in [6, 6.07) is -0.0432. The number of nitrogens with zero attached hydrogens (tertiary/aromatic N) is 1. The van der Waals surface area contributed by atoms with Crippen molar-refractivity contribution in [1.29, 1.82) is 0 Å². The van der Waals surface area contributed by atoms with Crippen molar-refractivity contribution in [3.05, 3.63) is 0 Å². The number of rotatable bonds is 6. The van der Waals surface area contributed by atoms with Gasteiger partial charge in [0, 0.05) is 33.2 Å². The molecule has 21 heavy (non-hydrogen) atoms. The van der Waals surface area contributed by atoms with Crippen molar-refractivity contribution < 1.29 is 19.4 Å². The maximum Gasteiger partial charge on any atom is 0.317 e. The van der Waals surface area contributed by atoms with E-state index in [1.807, 2.05) is 4.90 Å². The third-order valence-corrected chi connectivity index (χ3v) is 4.83. The van der Waals surface area contributed by atoms with Gasteiger partial charge in [-0.15, -0.1) is 0 Å². The Morgan fingerprint density at radius 1 is 1.38 bits per heavy atom. The van der Waals surface area contributed by atoms with E-state index in [2.05, 4.69) is 5.32 Å². The number of hydrogen-bond donors (Lipinski definition) is 2. The Morgan fingerprint density at radius 2 is 2.14 bits per heavy atom. The lowest BCUT2D eigenvalue weighted by Gasteiger charge is -2.41. The van der Waals surface area contributed by atoms with Crippen molar-refractivity contribution in [2.45, 2.75) is 50.5 Å². The van der Waals surface area contributed by atoms with Crippen LogP contribution >= 0.6 is 0 Å². The summed E-state index contributed by atoms with van der Waals surface area (Å²) in [7, 11) is 1.70. The first kappa shape index (κ1) is 16.1. The first-order valence-corrected chi connectivity index (χ1v) is 7.84. The number of hydrogen-bond acceptors (Lipinski definition) is 3. The van der Waals surface area contributed by atoms with Gasteiger partial charge in [-0.05, 0) is 44.4 Å². The Bertz CT molecular complexity index is 376. The molecular weight excluding hydrogens is 272 g/mol. The van der Waals surface area contributed by atoms with Crippen LogP contribution in [0.2, 0.25) is 0 Å². The van der Waals surface area contributed by atoms with Crippen molar-refractivity contribution >= 4 is 12.0 Å². The second kappa shape index (κ2) is 7.11. The van der Waals surface area contributed by atoms with Gasteiger partial charge in [0.15, 0.2) is 0 Å². The molecule has 0 bridgehead atoms. The Morgan fingerprint density at radius 3 is 2.71 bits per heavy atom. The molecule has 120 valence electrons. The van der Waals surface area contributed by atoms with Gasteiger partial charge in [-0.1, -0.05) is 0 Å². The molecule has 6 heteroatoms. The fourth-order valence-electron chi connectivity index (χ4n) is 3.19. The maximum atomic E-state index is 12.2. The zero-order valence-electron chi connectivity index (χ0n) is 12.8. The highest BCUT2D eigenvalue weighted by atomic mass is 16.5. The molecule has 1 saturated heterocycles. The molecule has 1 heterocycles. The predicted octanol–water partition coefficient (Wildman–Crippen LogP) is 1.84. The van der Waals surface area contributed by atoms with Gasteiger partial charge < -0.3 is 20.1 Å². The molecule has 2 aliphatic rings. The standard InChI is InChI=1S/C15H26N2O4/c1-21-15(7-3-8-15)11-16-14(20)17-9-2-4-12(10-17)5-6-13(18)19/h12H,2-11H2,1H3,(H,16,20)(H,18,19). The zero-order chi connectivity index (χ0) is 15.3. The van der Waals surface area contributed by atoms with E-state index in [-0.39, 0.29) is 18.1 Å². The first-order valence-electron chi connectivity index (χ1n) is 7.84. The van der Waals surface area contributed by atoms with Gasteiger partial charge in [0.1, 0.15) is 0 Å². The zero-order valence-corrected chi connectivity index (χ0v) is 12.8. The number of piperidine rings is 1. The molecule has 1 aliphatic carbocycles. The fourth-order valence-corrected chi connectivity index (χ4v) is 3.19. The number of carbonyl (C=O) groups is 2. The molecule has 6 nitrogen and oxygen atoms in total. The van der Waals surface area contributed by atoms with Gasteiger partial charge in [-0.25, -0.2) is 4.79 Å². The second-order valence-electron chi connectivity index (χ2n) is 6.29. The summed E-state index contributed by atoms with van der Waals surface area (Å²) in [6.45, 7) is 1.99. The number of methoxy groups -OCH3 is 1. The second-order valence-corrected chi connectivity index (χ2v) is 6.29. The van der Waals surface area contributed by atoms with Crippen LogP contribution < -0.4 is 5.32 Å². The third-order valence-electron chi connectivity index (χ3n) is 4.83. The average Bonchev–Trinajstić information content (AvgIpc) is 2.44. The number of nitrogens with one attached hydrogen (secondary N) is 1. The van der Waals surface area contributed by atoms with Gasteiger partial charge in [-0.2, -0.15) is 0 Å². The molecule has 2 amide bonds. The highest BCUT2D eigenvalue weighted by Gasteiger charge is 2.37. The number of urea groups is 1. The summed E-state index contributed by atoms with van der Waals surface area (Å²) in [6.07, 6.45) is 5.97. The molecule has 0 aromatic carbocycles. The van der Waals surface area contributed by atoms with Crippen LogP contribution in [-0.2, 0) is 9.53 Å². The molecule has 2 fully saturated rings. The van der Waals surface area contributed by atoms with Gasteiger partial charge in [0.05, 0.1) is 5.60 Å². The van der Waals surface area contributed by atoms with E-state index in [0.29, 0.717) is 25.4 Å². The Balaban J connectivity index is 1.75. The van der Waals surface area contributed by atoms with Gasteiger partial charge in [-0.3, -0.25) is 4.79 Å². The molecule has 2 rings (SSSR count). The van der Waals surface area contributed by atoms with E-state index in [1.165, 1.54) is 0 Å². The molecule has 1 aliphatic heterocycles. The molecule has 0 aromatic heterocycles. The third kappa shape index (κ3) is 4.33. The van der Waals surface area contributed by atoms with E-state index < -0.39 is 5.97 Å². The van der Waals surface area contributed by atoms with Crippen LogP contribution in [-0.4, -0.2) is 54.4 Å². The Hall–Kier alpha value is -1.30. The number of carboxylic acid groups (broad SMARTS) is 1. The lowest BCUT2D eigenvalue weighted by molar-refractivity contribution is -0.137. The van der Waals surface area contributed by atoms with Crippen LogP contribution in [0.25, 0.3) is 0 Å². The van der Waals surface area contributed by atoms with E-state index in [0.717, 1.165) is 38.6 Å². The predicted molar refractivity (Wildman–Crippen MR) is 78.2 cm³/mol. The van der Waals surface area contributed by atoms with Crippen LogP contribution in [0.3, 0.4) is 0 Å².